The van der Waals surface area contributed by atoms with E-state index in [0.717, 1.165) is 18.6 Å². The Labute approximate surface area is 183 Å². The van der Waals surface area contributed by atoms with Gasteiger partial charge >= 0.3 is 0 Å². The van der Waals surface area contributed by atoms with E-state index in [9.17, 15) is 13.2 Å². The SMILES string of the molecule is O=C(Nc1ccc(Oc2ccccc2)cc1)c1cc(S(=O)(=O)NC2CC2)ccc1Br. The molecule has 1 aliphatic carbocycles. The molecule has 1 amide bonds. The van der Waals surface area contributed by atoms with Crippen LogP contribution in [0.4, 0.5) is 5.69 Å². The lowest BCUT2D eigenvalue weighted by Gasteiger charge is -2.11. The van der Waals surface area contributed by atoms with E-state index < -0.39 is 15.9 Å². The number of anilines is 1. The van der Waals surface area contributed by atoms with Gasteiger partial charge in [0.2, 0.25) is 10.0 Å². The van der Waals surface area contributed by atoms with Gasteiger partial charge in [0, 0.05) is 16.2 Å². The predicted molar refractivity (Wildman–Crippen MR) is 118 cm³/mol. The zero-order chi connectivity index (χ0) is 21.1. The average Bonchev–Trinajstić information content (AvgIpc) is 3.53. The van der Waals surface area contributed by atoms with Crippen LogP contribution < -0.4 is 14.8 Å². The number of halogens is 1. The van der Waals surface area contributed by atoms with Gasteiger partial charge in [0.25, 0.3) is 5.91 Å². The molecule has 0 heterocycles. The molecule has 3 aromatic rings. The van der Waals surface area contributed by atoms with E-state index in [-0.39, 0.29) is 16.5 Å². The molecule has 30 heavy (non-hydrogen) atoms. The van der Waals surface area contributed by atoms with E-state index >= 15 is 0 Å². The number of rotatable bonds is 7. The summed E-state index contributed by atoms with van der Waals surface area (Å²) in [6.07, 6.45) is 1.68. The summed E-state index contributed by atoms with van der Waals surface area (Å²) in [5, 5.41) is 2.78. The summed E-state index contributed by atoms with van der Waals surface area (Å²) in [7, 11) is -3.65. The van der Waals surface area contributed by atoms with Crippen LogP contribution in [-0.4, -0.2) is 20.4 Å². The molecule has 0 saturated heterocycles. The first kappa shape index (κ1) is 20.6. The van der Waals surface area contributed by atoms with Crippen molar-refractivity contribution >= 4 is 37.5 Å². The van der Waals surface area contributed by atoms with Crippen LogP contribution >= 0.6 is 15.9 Å². The second-order valence-corrected chi connectivity index (χ2v) is 9.50. The maximum Gasteiger partial charge on any atom is 0.256 e. The van der Waals surface area contributed by atoms with Crippen LogP contribution in [0.2, 0.25) is 0 Å². The normalized spacial score (nSPS) is 13.6. The number of nitrogens with one attached hydrogen (secondary N) is 2. The highest BCUT2D eigenvalue weighted by atomic mass is 79.9. The highest BCUT2D eigenvalue weighted by molar-refractivity contribution is 9.10. The van der Waals surface area contributed by atoms with Crippen molar-refractivity contribution in [1.29, 1.82) is 0 Å². The van der Waals surface area contributed by atoms with E-state index in [1.165, 1.54) is 12.1 Å². The molecule has 0 aromatic heterocycles. The number of amides is 1. The second-order valence-electron chi connectivity index (χ2n) is 6.93. The molecule has 1 saturated carbocycles. The molecule has 154 valence electrons. The van der Waals surface area contributed by atoms with E-state index in [2.05, 4.69) is 26.0 Å². The largest absolute Gasteiger partial charge is 0.457 e. The molecule has 0 atom stereocenters. The number of ether oxygens (including phenoxy) is 1. The van der Waals surface area contributed by atoms with E-state index in [4.69, 9.17) is 4.74 Å². The first-order valence-corrected chi connectivity index (χ1v) is 11.6. The molecular formula is C22H19BrN2O4S. The van der Waals surface area contributed by atoms with Crippen LogP contribution in [0.15, 0.2) is 82.2 Å². The summed E-state index contributed by atoms with van der Waals surface area (Å²) >= 11 is 3.33. The lowest BCUT2D eigenvalue weighted by atomic mass is 10.2. The Morgan fingerprint density at radius 3 is 2.27 bits per heavy atom. The molecule has 0 bridgehead atoms. The Hall–Kier alpha value is -2.68. The first-order valence-electron chi connectivity index (χ1n) is 9.37. The average molecular weight is 487 g/mol. The van der Waals surface area contributed by atoms with Crippen molar-refractivity contribution in [2.75, 3.05) is 5.32 Å². The molecule has 1 fully saturated rings. The van der Waals surface area contributed by atoms with Crippen molar-refractivity contribution in [2.45, 2.75) is 23.8 Å². The number of benzene rings is 3. The number of para-hydroxylation sites is 1. The molecule has 3 aromatic carbocycles. The third-order valence-corrected chi connectivity index (χ3v) is 6.69. The zero-order valence-corrected chi connectivity index (χ0v) is 18.2. The quantitative estimate of drug-likeness (QED) is 0.495. The van der Waals surface area contributed by atoms with Gasteiger partial charge < -0.3 is 10.1 Å². The number of carbonyl (C=O) groups excluding carboxylic acids is 1. The summed E-state index contributed by atoms with van der Waals surface area (Å²) in [6, 6.07) is 20.7. The molecule has 4 rings (SSSR count). The zero-order valence-electron chi connectivity index (χ0n) is 15.8. The number of sulfonamides is 1. The van der Waals surface area contributed by atoms with Crippen LogP contribution in [0, 0.1) is 0 Å². The van der Waals surface area contributed by atoms with Gasteiger partial charge in [0.05, 0.1) is 10.5 Å². The summed E-state index contributed by atoms with van der Waals surface area (Å²) in [4.78, 5) is 12.8. The minimum Gasteiger partial charge on any atom is -0.457 e. The van der Waals surface area contributed by atoms with Crippen LogP contribution in [0.1, 0.15) is 23.2 Å². The molecule has 0 spiro atoms. The Balaban J connectivity index is 1.47. The van der Waals surface area contributed by atoms with Crippen molar-refractivity contribution in [2.24, 2.45) is 0 Å². The van der Waals surface area contributed by atoms with Gasteiger partial charge in [-0.25, -0.2) is 13.1 Å². The topological polar surface area (TPSA) is 84.5 Å². The van der Waals surface area contributed by atoms with Crippen molar-refractivity contribution < 1.29 is 17.9 Å². The fourth-order valence-corrected chi connectivity index (χ4v) is 4.52. The molecular weight excluding hydrogens is 468 g/mol. The van der Waals surface area contributed by atoms with Crippen molar-refractivity contribution in [1.82, 2.24) is 4.72 Å². The van der Waals surface area contributed by atoms with Crippen molar-refractivity contribution in [3.63, 3.8) is 0 Å². The third kappa shape index (κ3) is 5.08. The number of carbonyl (C=O) groups is 1. The first-order chi connectivity index (χ1) is 14.4. The lowest BCUT2D eigenvalue weighted by molar-refractivity contribution is 0.102. The smallest absolute Gasteiger partial charge is 0.256 e. The summed E-state index contributed by atoms with van der Waals surface area (Å²) in [5.41, 5.74) is 0.801. The minimum absolute atomic E-state index is 0.00690. The number of hydrogen-bond donors (Lipinski definition) is 2. The Bertz CT molecular complexity index is 1160. The fraction of sp³-hybridized carbons (Fsp3) is 0.136. The summed E-state index contributed by atoms with van der Waals surface area (Å²) in [6.45, 7) is 0. The Kier molecular flexibility index (Phi) is 5.90. The van der Waals surface area contributed by atoms with Gasteiger partial charge in [-0.05, 0) is 83.4 Å². The maximum atomic E-state index is 12.7. The monoisotopic (exact) mass is 486 g/mol. The van der Waals surface area contributed by atoms with Gasteiger partial charge in [0.1, 0.15) is 11.5 Å². The Morgan fingerprint density at radius 1 is 0.933 bits per heavy atom. The molecule has 2 N–H and O–H groups in total. The van der Waals surface area contributed by atoms with E-state index in [1.54, 1.807) is 30.3 Å². The van der Waals surface area contributed by atoms with Crippen LogP contribution in [0.3, 0.4) is 0 Å². The molecule has 8 heteroatoms. The Morgan fingerprint density at radius 2 is 1.60 bits per heavy atom. The highest BCUT2D eigenvalue weighted by Gasteiger charge is 2.28. The number of hydrogen-bond acceptors (Lipinski definition) is 4. The van der Waals surface area contributed by atoms with Crippen LogP contribution in [0.5, 0.6) is 11.5 Å². The summed E-state index contributed by atoms with van der Waals surface area (Å²) < 4.78 is 33.8. The standard InChI is InChI=1S/C22H19BrN2O4S/c23-21-13-12-19(30(27,28)25-16-6-7-16)14-20(21)22(26)24-15-8-10-18(11-9-15)29-17-4-2-1-3-5-17/h1-5,8-14,16,25H,6-7H2,(H,24,26). The second kappa shape index (κ2) is 8.59. The van der Waals surface area contributed by atoms with Gasteiger partial charge in [-0.2, -0.15) is 0 Å². The predicted octanol–water partition coefficient (Wildman–Crippen LogP) is 4.93. The van der Waals surface area contributed by atoms with Crippen LogP contribution in [0.25, 0.3) is 0 Å². The van der Waals surface area contributed by atoms with Crippen molar-refractivity contribution in [3.05, 3.63) is 82.8 Å². The third-order valence-electron chi connectivity index (χ3n) is 4.48. The lowest BCUT2D eigenvalue weighted by Crippen LogP contribution is -2.26. The molecule has 1 aliphatic rings. The van der Waals surface area contributed by atoms with Gasteiger partial charge in [-0.3, -0.25) is 4.79 Å². The molecule has 0 aliphatic heterocycles. The fourth-order valence-electron chi connectivity index (χ4n) is 2.76. The van der Waals surface area contributed by atoms with Gasteiger partial charge in [-0.15, -0.1) is 0 Å². The molecule has 0 radical (unpaired) electrons. The molecule has 6 nitrogen and oxygen atoms in total. The van der Waals surface area contributed by atoms with E-state index in [1.807, 2.05) is 30.3 Å². The van der Waals surface area contributed by atoms with Crippen LogP contribution in [-0.2, 0) is 10.0 Å². The molecule has 0 unspecified atom stereocenters. The minimum atomic E-state index is -3.65. The van der Waals surface area contributed by atoms with Gasteiger partial charge in [0.15, 0.2) is 0 Å². The highest BCUT2D eigenvalue weighted by Crippen LogP contribution is 2.26. The van der Waals surface area contributed by atoms with E-state index in [0.29, 0.717) is 15.9 Å². The summed E-state index contributed by atoms with van der Waals surface area (Å²) in [5.74, 6) is 0.942. The maximum absolute atomic E-state index is 12.7. The van der Waals surface area contributed by atoms with Crippen molar-refractivity contribution in [3.8, 4) is 11.5 Å². The van der Waals surface area contributed by atoms with Gasteiger partial charge in [-0.1, -0.05) is 18.2 Å².